The quantitative estimate of drug-likeness (QED) is 0.635. The highest BCUT2D eigenvalue weighted by Gasteiger charge is 2.14. The lowest BCUT2D eigenvalue weighted by atomic mass is 10.1. The number of H-pyrrole nitrogens is 2. The molecule has 0 spiro atoms. The molecule has 1 aromatic heterocycles. The maximum Gasteiger partial charge on any atom is 0.255 e. The van der Waals surface area contributed by atoms with Crippen molar-refractivity contribution in [1.29, 1.82) is 0 Å². The molecule has 0 aliphatic rings. The summed E-state index contributed by atoms with van der Waals surface area (Å²) in [5.74, 6) is -0.304. The predicted molar refractivity (Wildman–Crippen MR) is 108 cm³/mol. The largest absolute Gasteiger partial charge is 0.339 e. The first kappa shape index (κ1) is 20.6. The monoisotopic (exact) mass is 388 g/mol. The molecule has 27 heavy (non-hydrogen) atoms. The van der Waals surface area contributed by atoms with Crippen LogP contribution in [0.4, 0.5) is 5.69 Å². The van der Waals surface area contributed by atoms with Crippen LogP contribution in [-0.2, 0) is 11.2 Å². The van der Waals surface area contributed by atoms with E-state index in [1.54, 1.807) is 36.1 Å². The minimum atomic E-state index is -0.282. The van der Waals surface area contributed by atoms with E-state index in [0.717, 1.165) is 0 Å². The molecule has 3 N–H and O–H groups in total. The molecule has 2 rings (SSSR count). The van der Waals surface area contributed by atoms with Crippen molar-refractivity contribution in [3.05, 3.63) is 56.2 Å². The Kier molecular flexibility index (Phi) is 7.06. The zero-order valence-electron chi connectivity index (χ0n) is 15.7. The van der Waals surface area contributed by atoms with Gasteiger partial charge in [-0.25, -0.2) is 0 Å². The van der Waals surface area contributed by atoms with Gasteiger partial charge in [-0.05, 0) is 57.6 Å². The van der Waals surface area contributed by atoms with Gasteiger partial charge in [-0.2, -0.15) is 0 Å². The number of rotatable bonds is 7. The summed E-state index contributed by atoms with van der Waals surface area (Å²) in [6.45, 7) is 6.85. The van der Waals surface area contributed by atoms with Gasteiger partial charge < -0.3 is 15.2 Å². The van der Waals surface area contributed by atoms with Crippen LogP contribution in [0.5, 0.6) is 0 Å². The van der Waals surface area contributed by atoms with Crippen molar-refractivity contribution in [2.24, 2.45) is 0 Å². The molecule has 0 fully saturated rings. The highest BCUT2D eigenvalue weighted by atomic mass is 32.1. The number of aromatic nitrogens is 2. The number of amides is 2. The van der Waals surface area contributed by atoms with Crippen LogP contribution in [0.3, 0.4) is 0 Å². The molecule has 1 heterocycles. The van der Waals surface area contributed by atoms with E-state index in [2.05, 4.69) is 15.3 Å². The summed E-state index contributed by atoms with van der Waals surface area (Å²) in [7, 11) is 0. The minimum Gasteiger partial charge on any atom is -0.339 e. The molecule has 1 aromatic carbocycles. The van der Waals surface area contributed by atoms with Crippen molar-refractivity contribution in [3.63, 3.8) is 0 Å². The molecule has 8 heteroatoms. The van der Waals surface area contributed by atoms with Crippen molar-refractivity contribution >= 4 is 29.7 Å². The summed E-state index contributed by atoms with van der Waals surface area (Å²) in [5, 5.41) is 2.78. The van der Waals surface area contributed by atoms with E-state index in [1.807, 2.05) is 13.8 Å². The Hall–Kier alpha value is -2.74. The zero-order chi connectivity index (χ0) is 20.0. The maximum atomic E-state index is 12.4. The van der Waals surface area contributed by atoms with Gasteiger partial charge in [0.25, 0.3) is 11.5 Å². The highest BCUT2D eigenvalue weighted by Crippen LogP contribution is 2.14. The fraction of sp³-hybridized carbons (Fsp3) is 0.368. The van der Waals surface area contributed by atoms with Gasteiger partial charge in [-0.1, -0.05) is 6.07 Å². The van der Waals surface area contributed by atoms with E-state index in [-0.39, 0.29) is 35.0 Å². The van der Waals surface area contributed by atoms with Gasteiger partial charge in [-0.3, -0.25) is 19.4 Å². The Bertz CT molecular complexity index is 944. The van der Waals surface area contributed by atoms with Gasteiger partial charge in [0, 0.05) is 42.0 Å². The average molecular weight is 388 g/mol. The number of aryl methyl sites for hydroxylation is 1. The first-order valence-electron chi connectivity index (χ1n) is 8.87. The molecule has 144 valence electrons. The van der Waals surface area contributed by atoms with Gasteiger partial charge in [0.2, 0.25) is 5.91 Å². The van der Waals surface area contributed by atoms with Crippen molar-refractivity contribution in [2.75, 3.05) is 18.4 Å². The van der Waals surface area contributed by atoms with Gasteiger partial charge in [-0.15, -0.1) is 0 Å². The van der Waals surface area contributed by atoms with Crippen molar-refractivity contribution in [1.82, 2.24) is 14.9 Å². The number of carbonyl (C=O) groups excluding carboxylic acids is 2. The Morgan fingerprint density at radius 3 is 2.52 bits per heavy atom. The van der Waals surface area contributed by atoms with E-state index in [4.69, 9.17) is 12.2 Å². The van der Waals surface area contributed by atoms with Crippen LogP contribution in [-0.4, -0.2) is 39.8 Å². The number of nitrogens with zero attached hydrogens (tertiary/aromatic N) is 1. The van der Waals surface area contributed by atoms with Crippen molar-refractivity contribution in [2.45, 2.75) is 33.6 Å². The van der Waals surface area contributed by atoms with Gasteiger partial charge in [0.05, 0.1) is 0 Å². The average Bonchev–Trinajstić information content (AvgIpc) is 2.62. The van der Waals surface area contributed by atoms with E-state index >= 15 is 0 Å². The normalized spacial score (nSPS) is 10.5. The third-order valence-corrected chi connectivity index (χ3v) is 4.50. The summed E-state index contributed by atoms with van der Waals surface area (Å²) < 4.78 is 0.264. The van der Waals surface area contributed by atoms with Crippen LogP contribution in [0, 0.1) is 11.7 Å². The first-order valence-corrected chi connectivity index (χ1v) is 9.27. The molecule has 0 saturated heterocycles. The summed E-state index contributed by atoms with van der Waals surface area (Å²) in [4.78, 5) is 43.8. The van der Waals surface area contributed by atoms with Gasteiger partial charge in [0.1, 0.15) is 0 Å². The summed E-state index contributed by atoms with van der Waals surface area (Å²) >= 11 is 4.92. The number of aromatic amines is 2. The number of nitrogens with one attached hydrogen (secondary N) is 3. The second-order valence-electron chi connectivity index (χ2n) is 6.12. The minimum absolute atomic E-state index is 0.0715. The molecule has 0 radical (unpaired) electrons. The third-order valence-electron chi connectivity index (χ3n) is 4.30. The Morgan fingerprint density at radius 2 is 1.89 bits per heavy atom. The lowest BCUT2D eigenvalue weighted by Gasteiger charge is -2.19. The lowest BCUT2D eigenvalue weighted by molar-refractivity contribution is -0.116. The summed E-state index contributed by atoms with van der Waals surface area (Å²) in [6, 6.07) is 6.86. The number of hydrogen-bond donors (Lipinski definition) is 3. The standard InChI is InChI=1S/C19H24N4O3S/c1-4-23(5-2)18(26)13-7-6-8-14(11-13)21-16(24)10-9-15-12(3)20-19(27)22-17(15)25/h6-8,11H,4-5,9-10H2,1-3H3,(H,21,24)(H2,20,22,25,27). The molecule has 0 atom stereocenters. The van der Waals surface area contributed by atoms with E-state index in [0.29, 0.717) is 35.6 Å². The Morgan fingerprint density at radius 1 is 1.19 bits per heavy atom. The topological polar surface area (TPSA) is 98.1 Å². The molecule has 7 nitrogen and oxygen atoms in total. The second-order valence-corrected chi connectivity index (χ2v) is 6.53. The number of anilines is 1. The maximum absolute atomic E-state index is 12.4. The van der Waals surface area contributed by atoms with Crippen LogP contribution >= 0.6 is 12.2 Å². The molecule has 2 amide bonds. The predicted octanol–water partition coefficient (Wildman–Crippen LogP) is 2.79. The molecule has 0 bridgehead atoms. The van der Waals surface area contributed by atoms with Crippen LogP contribution in [0.2, 0.25) is 0 Å². The smallest absolute Gasteiger partial charge is 0.255 e. The molecule has 0 unspecified atom stereocenters. The fourth-order valence-corrected chi connectivity index (χ4v) is 3.06. The van der Waals surface area contributed by atoms with Gasteiger partial charge in [0.15, 0.2) is 4.77 Å². The highest BCUT2D eigenvalue weighted by molar-refractivity contribution is 7.71. The van der Waals surface area contributed by atoms with E-state index in [1.165, 1.54) is 0 Å². The van der Waals surface area contributed by atoms with Crippen LogP contribution in [0.1, 0.15) is 41.9 Å². The SMILES string of the molecule is CCN(CC)C(=O)c1cccc(NC(=O)CCc2c(C)[nH]c(=S)[nH]c2=O)c1. The molecular weight excluding hydrogens is 364 g/mol. The third kappa shape index (κ3) is 5.37. The van der Waals surface area contributed by atoms with Crippen molar-refractivity contribution in [3.8, 4) is 0 Å². The van der Waals surface area contributed by atoms with Crippen LogP contribution < -0.4 is 10.9 Å². The molecule has 0 saturated carbocycles. The fourth-order valence-electron chi connectivity index (χ4n) is 2.81. The van der Waals surface area contributed by atoms with Crippen LogP contribution in [0.15, 0.2) is 29.1 Å². The number of carbonyl (C=O) groups is 2. The molecule has 0 aliphatic heterocycles. The van der Waals surface area contributed by atoms with Gasteiger partial charge >= 0.3 is 0 Å². The zero-order valence-corrected chi connectivity index (χ0v) is 16.5. The van der Waals surface area contributed by atoms with E-state index in [9.17, 15) is 14.4 Å². The molecular formula is C19H24N4O3S. The van der Waals surface area contributed by atoms with Crippen LogP contribution in [0.25, 0.3) is 0 Å². The lowest BCUT2D eigenvalue weighted by Crippen LogP contribution is -2.30. The number of hydrogen-bond acceptors (Lipinski definition) is 4. The Labute approximate surface area is 162 Å². The van der Waals surface area contributed by atoms with Crippen molar-refractivity contribution < 1.29 is 9.59 Å². The summed E-state index contributed by atoms with van der Waals surface area (Å²) in [5.41, 5.74) is 1.96. The first-order chi connectivity index (χ1) is 12.8. The Balaban J connectivity index is 2.04. The number of benzene rings is 1. The molecule has 2 aromatic rings. The molecule has 0 aliphatic carbocycles. The second kappa shape index (κ2) is 9.27. The summed E-state index contributed by atoms with van der Waals surface area (Å²) in [6.07, 6.45) is 0.430. The van der Waals surface area contributed by atoms with E-state index < -0.39 is 0 Å².